The molecule has 71 valence electrons. The van der Waals surface area contributed by atoms with Crippen molar-refractivity contribution < 1.29 is 0 Å². The lowest BCUT2D eigenvalue weighted by Crippen LogP contribution is -1.98. The number of nitrogens with zero attached hydrogens (tertiary/aromatic N) is 3. The molecular weight excluding hydrogens is 289 g/mol. The highest BCUT2D eigenvalue weighted by molar-refractivity contribution is 9.10. The second-order valence-electron chi connectivity index (χ2n) is 2.44. The number of rotatable bonds is 1. The molecule has 0 saturated carbocycles. The summed E-state index contributed by atoms with van der Waals surface area (Å²) in [5, 5.41) is 4.93. The first-order valence-corrected chi connectivity index (χ1v) is 5.17. The monoisotopic (exact) mass is 290 g/mol. The minimum Gasteiger partial charge on any atom is -0.236 e. The molecule has 6 heteroatoms. The van der Waals surface area contributed by atoms with Crippen molar-refractivity contribution in [2.45, 2.75) is 0 Å². The normalized spacial score (nSPS) is 10.5. The predicted molar refractivity (Wildman–Crippen MR) is 57.9 cm³/mol. The summed E-state index contributed by atoms with van der Waals surface area (Å²) in [5.74, 6) is 0.502. The van der Waals surface area contributed by atoms with Crippen LogP contribution in [-0.2, 0) is 0 Å². The first-order chi connectivity index (χ1) is 6.68. The second kappa shape index (κ2) is 3.88. The fourth-order valence-electron chi connectivity index (χ4n) is 0.929. The standard InChI is InChI=1S/C8H3BrCl2N3/c9-7-6(11)4-14(13-7)8-5(10)2-1-3-12-8/h1-3H. The Morgan fingerprint density at radius 1 is 1.43 bits per heavy atom. The van der Waals surface area contributed by atoms with Gasteiger partial charge in [0.15, 0.2) is 5.82 Å². The molecule has 0 atom stereocenters. The zero-order valence-corrected chi connectivity index (χ0v) is 9.81. The Balaban J connectivity index is 2.55. The highest BCUT2D eigenvalue weighted by Crippen LogP contribution is 2.23. The molecular formula is C8H3BrCl2N3. The van der Waals surface area contributed by atoms with E-state index in [-0.39, 0.29) is 0 Å². The van der Waals surface area contributed by atoms with Crippen LogP contribution in [0.3, 0.4) is 0 Å². The third-order valence-electron chi connectivity index (χ3n) is 1.51. The van der Waals surface area contributed by atoms with Gasteiger partial charge in [-0.05, 0) is 28.1 Å². The molecule has 0 aliphatic rings. The second-order valence-corrected chi connectivity index (χ2v) is 3.97. The van der Waals surface area contributed by atoms with Crippen LogP contribution >= 0.6 is 39.1 Å². The van der Waals surface area contributed by atoms with Crippen LogP contribution in [0.5, 0.6) is 0 Å². The highest BCUT2D eigenvalue weighted by Gasteiger charge is 2.09. The summed E-state index contributed by atoms with van der Waals surface area (Å²) in [6.07, 6.45) is 4.40. The maximum atomic E-state index is 5.92. The van der Waals surface area contributed by atoms with Crippen molar-refractivity contribution in [3.05, 3.63) is 39.2 Å². The van der Waals surface area contributed by atoms with E-state index in [9.17, 15) is 0 Å². The lowest BCUT2D eigenvalue weighted by molar-refractivity contribution is 0.833. The summed E-state index contributed by atoms with van der Waals surface area (Å²) in [5.41, 5.74) is 0. The van der Waals surface area contributed by atoms with E-state index >= 15 is 0 Å². The van der Waals surface area contributed by atoms with Crippen molar-refractivity contribution in [1.29, 1.82) is 0 Å². The van der Waals surface area contributed by atoms with Crippen LogP contribution in [0.1, 0.15) is 0 Å². The van der Waals surface area contributed by atoms with Crippen LogP contribution in [0, 0.1) is 6.20 Å². The van der Waals surface area contributed by atoms with Gasteiger partial charge in [0.25, 0.3) is 0 Å². The molecule has 2 heterocycles. The van der Waals surface area contributed by atoms with Gasteiger partial charge in [0, 0.05) is 6.20 Å². The molecule has 2 aromatic rings. The number of hydrogen-bond donors (Lipinski definition) is 0. The highest BCUT2D eigenvalue weighted by atomic mass is 79.9. The Kier molecular flexibility index (Phi) is 2.76. The van der Waals surface area contributed by atoms with Gasteiger partial charge in [-0.3, -0.25) is 0 Å². The van der Waals surface area contributed by atoms with Crippen molar-refractivity contribution >= 4 is 39.1 Å². The zero-order valence-electron chi connectivity index (χ0n) is 6.71. The smallest absolute Gasteiger partial charge is 0.172 e. The van der Waals surface area contributed by atoms with E-state index < -0.39 is 0 Å². The van der Waals surface area contributed by atoms with Crippen LogP contribution < -0.4 is 0 Å². The van der Waals surface area contributed by atoms with Gasteiger partial charge >= 0.3 is 0 Å². The van der Waals surface area contributed by atoms with Crippen molar-refractivity contribution in [1.82, 2.24) is 14.8 Å². The van der Waals surface area contributed by atoms with Crippen LogP contribution in [0.15, 0.2) is 22.9 Å². The summed E-state index contributed by atoms with van der Waals surface area (Å²) in [6.45, 7) is 0. The third-order valence-corrected chi connectivity index (χ3v) is 2.85. The number of pyridine rings is 1. The average molecular weight is 292 g/mol. The molecule has 0 bridgehead atoms. The lowest BCUT2D eigenvalue weighted by atomic mass is 10.4. The van der Waals surface area contributed by atoms with E-state index in [2.05, 4.69) is 32.2 Å². The fraction of sp³-hybridized carbons (Fsp3) is 0. The molecule has 0 aliphatic carbocycles. The summed E-state index contributed by atoms with van der Waals surface area (Å²) < 4.78 is 1.91. The van der Waals surface area contributed by atoms with Crippen molar-refractivity contribution in [3.8, 4) is 5.82 Å². The Labute approximate surface area is 98.8 Å². The number of aromatic nitrogens is 3. The van der Waals surface area contributed by atoms with Gasteiger partial charge in [-0.15, -0.1) is 0 Å². The molecule has 0 aliphatic heterocycles. The molecule has 2 aromatic heterocycles. The molecule has 2 rings (SSSR count). The van der Waals surface area contributed by atoms with Crippen LogP contribution in [0.4, 0.5) is 0 Å². The molecule has 0 spiro atoms. The van der Waals surface area contributed by atoms with Gasteiger partial charge < -0.3 is 0 Å². The van der Waals surface area contributed by atoms with Crippen LogP contribution in [-0.4, -0.2) is 14.8 Å². The molecule has 3 nitrogen and oxygen atoms in total. The van der Waals surface area contributed by atoms with E-state index in [1.54, 1.807) is 18.3 Å². The van der Waals surface area contributed by atoms with E-state index in [0.29, 0.717) is 20.5 Å². The summed E-state index contributed by atoms with van der Waals surface area (Å²) in [7, 11) is 0. The minimum atomic E-state index is 0.395. The number of hydrogen-bond acceptors (Lipinski definition) is 2. The van der Waals surface area contributed by atoms with Crippen molar-refractivity contribution in [2.24, 2.45) is 0 Å². The maximum Gasteiger partial charge on any atom is 0.172 e. The van der Waals surface area contributed by atoms with Gasteiger partial charge in [0.05, 0.1) is 5.02 Å². The molecule has 0 unspecified atom stereocenters. The lowest BCUT2D eigenvalue weighted by Gasteiger charge is -2.00. The van der Waals surface area contributed by atoms with Crippen LogP contribution in [0.2, 0.25) is 10.0 Å². The van der Waals surface area contributed by atoms with Gasteiger partial charge in [-0.1, -0.05) is 23.2 Å². The minimum absolute atomic E-state index is 0.395. The third kappa shape index (κ3) is 1.78. The molecule has 0 aromatic carbocycles. The molecule has 1 radical (unpaired) electrons. The van der Waals surface area contributed by atoms with Crippen LogP contribution in [0.25, 0.3) is 5.82 Å². The van der Waals surface area contributed by atoms with E-state index in [0.717, 1.165) is 0 Å². The molecule has 0 fully saturated rings. The Hall–Kier alpha value is -0.580. The van der Waals surface area contributed by atoms with Gasteiger partial charge in [-0.25, -0.2) is 9.67 Å². The Morgan fingerprint density at radius 2 is 2.21 bits per heavy atom. The Bertz CT molecular complexity index is 450. The first kappa shape index (κ1) is 9.96. The van der Waals surface area contributed by atoms with Crippen molar-refractivity contribution in [3.63, 3.8) is 0 Å². The summed E-state index contributed by atoms with van der Waals surface area (Å²) >= 11 is 14.9. The van der Waals surface area contributed by atoms with E-state index in [4.69, 9.17) is 23.2 Å². The Morgan fingerprint density at radius 3 is 2.79 bits per heavy atom. The van der Waals surface area contributed by atoms with Crippen molar-refractivity contribution in [2.75, 3.05) is 0 Å². The fourth-order valence-corrected chi connectivity index (χ4v) is 1.50. The SMILES string of the molecule is Clc1[c]n(-c2ncccc2Cl)nc1Br. The predicted octanol–water partition coefficient (Wildman–Crippen LogP) is 3.14. The largest absolute Gasteiger partial charge is 0.236 e. The van der Waals surface area contributed by atoms with Gasteiger partial charge in [0.2, 0.25) is 0 Å². The molecule has 0 N–H and O–H groups in total. The molecule has 14 heavy (non-hydrogen) atoms. The zero-order chi connectivity index (χ0) is 10.1. The van der Waals surface area contributed by atoms with E-state index in [1.165, 1.54) is 4.68 Å². The van der Waals surface area contributed by atoms with Gasteiger partial charge in [-0.2, -0.15) is 5.10 Å². The summed E-state index contributed by atoms with van der Waals surface area (Å²) in [4.78, 5) is 4.06. The maximum absolute atomic E-state index is 5.92. The number of halogens is 3. The summed E-state index contributed by atoms with van der Waals surface area (Å²) in [6, 6.07) is 3.47. The van der Waals surface area contributed by atoms with Gasteiger partial charge in [0.1, 0.15) is 15.8 Å². The molecule has 0 amide bonds. The topological polar surface area (TPSA) is 30.7 Å². The first-order valence-electron chi connectivity index (χ1n) is 3.62. The quantitative estimate of drug-likeness (QED) is 0.808. The molecule has 0 saturated heterocycles. The average Bonchev–Trinajstić information content (AvgIpc) is 2.48. The van der Waals surface area contributed by atoms with E-state index in [1.807, 2.05) is 0 Å².